The Hall–Kier alpha value is -1.07. The van der Waals surface area contributed by atoms with Gasteiger partial charge < -0.3 is 14.8 Å². The van der Waals surface area contributed by atoms with E-state index in [2.05, 4.69) is 21.2 Å². The Balaban J connectivity index is 2.30. The standard InChI is InChI=1S/C12H16BrNO3/c1-16-8-10(7-13)14-12(15)9-17-11-5-3-2-4-6-11/h2-6,10H,7-9H2,1H3,(H,14,15). The summed E-state index contributed by atoms with van der Waals surface area (Å²) in [6.07, 6.45) is 0. The summed E-state index contributed by atoms with van der Waals surface area (Å²) in [6, 6.07) is 9.20. The molecular formula is C12H16BrNO3. The summed E-state index contributed by atoms with van der Waals surface area (Å²) in [5.74, 6) is 0.528. The lowest BCUT2D eigenvalue weighted by molar-refractivity contribution is -0.124. The molecule has 0 aliphatic rings. The molecule has 94 valence electrons. The van der Waals surface area contributed by atoms with Gasteiger partial charge in [-0.3, -0.25) is 4.79 Å². The summed E-state index contributed by atoms with van der Waals surface area (Å²) in [4.78, 5) is 11.5. The van der Waals surface area contributed by atoms with Crippen LogP contribution in [0.25, 0.3) is 0 Å². The molecule has 1 N–H and O–H groups in total. The highest BCUT2D eigenvalue weighted by Gasteiger charge is 2.10. The number of para-hydroxylation sites is 1. The Kier molecular flexibility index (Phi) is 6.65. The number of benzene rings is 1. The Labute approximate surface area is 109 Å². The molecule has 1 aromatic carbocycles. The van der Waals surface area contributed by atoms with Gasteiger partial charge in [0.15, 0.2) is 6.61 Å². The lowest BCUT2D eigenvalue weighted by Crippen LogP contribution is -2.41. The quantitative estimate of drug-likeness (QED) is 0.778. The van der Waals surface area contributed by atoms with Gasteiger partial charge in [-0.1, -0.05) is 34.1 Å². The predicted molar refractivity (Wildman–Crippen MR) is 69.5 cm³/mol. The van der Waals surface area contributed by atoms with E-state index in [0.717, 1.165) is 0 Å². The number of ether oxygens (including phenoxy) is 2. The lowest BCUT2D eigenvalue weighted by Gasteiger charge is -2.15. The number of hydrogen-bond acceptors (Lipinski definition) is 3. The zero-order valence-corrected chi connectivity index (χ0v) is 11.3. The molecule has 0 aromatic heterocycles. The van der Waals surface area contributed by atoms with E-state index < -0.39 is 0 Å². The van der Waals surface area contributed by atoms with Crippen molar-refractivity contribution in [3.63, 3.8) is 0 Å². The molecule has 0 radical (unpaired) electrons. The van der Waals surface area contributed by atoms with Gasteiger partial charge >= 0.3 is 0 Å². The molecule has 1 atom stereocenters. The van der Waals surface area contributed by atoms with E-state index in [0.29, 0.717) is 17.7 Å². The molecule has 0 aliphatic heterocycles. The van der Waals surface area contributed by atoms with Crippen molar-refractivity contribution in [2.75, 3.05) is 25.7 Å². The van der Waals surface area contributed by atoms with Gasteiger partial charge in [-0.25, -0.2) is 0 Å². The van der Waals surface area contributed by atoms with Crippen LogP contribution in [0, 0.1) is 0 Å². The van der Waals surface area contributed by atoms with E-state index in [4.69, 9.17) is 9.47 Å². The van der Waals surface area contributed by atoms with Crippen molar-refractivity contribution in [2.24, 2.45) is 0 Å². The molecule has 5 heteroatoms. The Morgan fingerprint density at radius 3 is 2.71 bits per heavy atom. The second-order valence-electron chi connectivity index (χ2n) is 3.48. The van der Waals surface area contributed by atoms with Crippen LogP contribution in [0.1, 0.15) is 0 Å². The van der Waals surface area contributed by atoms with Gasteiger partial charge in [0.25, 0.3) is 5.91 Å². The molecule has 17 heavy (non-hydrogen) atoms. The van der Waals surface area contributed by atoms with Gasteiger partial charge in [-0.15, -0.1) is 0 Å². The minimum Gasteiger partial charge on any atom is -0.484 e. The first-order valence-electron chi connectivity index (χ1n) is 5.28. The minimum absolute atomic E-state index is 0.0111. The largest absolute Gasteiger partial charge is 0.484 e. The first-order chi connectivity index (χ1) is 8.26. The first-order valence-corrected chi connectivity index (χ1v) is 6.40. The summed E-state index contributed by atoms with van der Waals surface area (Å²) < 4.78 is 10.3. The molecule has 0 spiro atoms. The van der Waals surface area contributed by atoms with Crippen molar-refractivity contribution in [3.05, 3.63) is 30.3 Å². The number of carbonyl (C=O) groups excluding carboxylic acids is 1. The van der Waals surface area contributed by atoms with Crippen LogP contribution >= 0.6 is 15.9 Å². The molecule has 1 aromatic rings. The SMILES string of the molecule is COCC(CBr)NC(=O)COc1ccccc1. The van der Waals surface area contributed by atoms with E-state index in [1.165, 1.54) is 0 Å². The molecule has 4 nitrogen and oxygen atoms in total. The van der Waals surface area contributed by atoms with Gasteiger partial charge in [-0.05, 0) is 12.1 Å². The monoisotopic (exact) mass is 301 g/mol. The molecule has 0 aliphatic carbocycles. The second-order valence-corrected chi connectivity index (χ2v) is 4.12. The van der Waals surface area contributed by atoms with Crippen molar-refractivity contribution >= 4 is 21.8 Å². The van der Waals surface area contributed by atoms with Gasteiger partial charge in [-0.2, -0.15) is 0 Å². The minimum atomic E-state index is -0.157. The summed E-state index contributed by atoms with van der Waals surface area (Å²) in [6.45, 7) is 0.486. The van der Waals surface area contributed by atoms with Crippen LogP contribution in [0.5, 0.6) is 5.75 Å². The first kappa shape index (κ1) is 14.0. The third kappa shape index (κ3) is 5.70. The summed E-state index contributed by atoms with van der Waals surface area (Å²) >= 11 is 3.31. The smallest absolute Gasteiger partial charge is 0.258 e. The maximum absolute atomic E-state index is 11.5. The number of halogens is 1. The highest BCUT2D eigenvalue weighted by molar-refractivity contribution is 9.09. The lowest BCUT2D eigenvalue weighted by atomic mass is 10.3. The number of alkyl halides is 1. The average Bonchev–Trinajstić information content (AvgIpc) is 2.37. The predicted octanol–water partition coefficient (Wildman–Crippen LogP) is 1.59. The number of methoxy groups -OCH3 is 1. The number of nitrogens with one attached hydrogen (secondary N) is 1. The van der Waals surface area contributed by atoms with Crippen LogP contribution in [0.2, 0.25) is 0 Å². The zero-order valence-electron chi connectivity index (χ0n) is 9.69. The molecule has 0 saturated heterocycles. The van der Waals surface area contributed by atoms with Crippen LogP contribution < -0.4 is 10.1 Å². The second kappa shape index (κ2) is 8.08. The third-order valence-corrected chi connectivity index (χ3v) is 2.81. The summed E-state index contributed by atoms with van der Waals surface area (Å²) in [7, 11) is 1.60. The number of carbonyl (C=O) groups is 1. The molecule has 0 saturated carbocycles. The normalized spacial score (nSPS) is 11.9. The van der Waals surface area contributed by atoms with Crippen molar-refractivity contribution in [3.8, 4) is 5.75 Å². The maximum Gasteiger partial charge on any atom is 0.258 e. The maximum atomic E-state index is 11.5. The molecule has 0 heterocycles. The van der Waals surface area contributed by atoms with Crippen molar-refractivity contribution in [1.29, 1.82) is 0 Å². The van der Waals surface area contributed by atoms with Crippen molar-refractivity contribution in [2.45, 2.75) is 6.04 Å². The fourth-order valence-electron chi connectivity index (χ4n) is 1.26. The molecular weight excluding hydrogens is 286 g/mol. The molecule has 0 fully saturated rings. The van der Waals surface area contributed by atoms with Crippen molar-refractivity contribution < 1.29 is 14.3 Å². The van der Waals surface area contributed by atoms with E-state index in [-0.39, 0.29) is 18.6 Å². The number of amides is 1. The van der Waals surface area contributed by atoms with Crippen molar-refractivity contribution in [1.82, 2.24) is 5.32 Å². The number of rotatable bonds is 7. The summed E-state index contributed by atoms with van der Waals surface area (Å²) in [5, 5.41) is 3.45. The van der Waals surface area contributed by atoms with E-state index in [9.17, 15) is 4.79 Å². The van der Waals surface area contributed by atoms with Gasteiger partial charge in [0, 0.05) is 12.4 Å². The van der Waals surface area contributed by atoms with Gasteiger partial charge in [0.1, 0.15) is 5.75 Å². The molecule has 0 bridgehead atoms. The zero-order chi connectivity index (χ0) is 12.5. The fourth-order valence-corrected chi connectivity index (χ4v) is 1.61. The van der Waals surface area contributed by atoms with Crippen LogP contribution in [-0.4, -0.2) is 37.6 Å². The molecule has 1 unspecified atom stereocenters. The van der Waals surface area contributed by atoms with Crippen LogP contribution in [0.3, 0.4) is 0 Å². The number of hydrogen-bond donors (Lipinski definition) is 1. The van der Waals surface area contributed by atoms with E-state index in [1.54, 1.807) is 7.11 Å². The molecule has 1 amide bonds. The topological polar surface area (TPSA) is 47.6 Å². The summed E-state index contributed by atoms with van der Waals surface area (Å²) in [5.41, 5.74) is 0. The van der Waals surface area contributed by atoms with Gasteiger partial charge in [0.05, 0.1) is 12.6 Å². The van der Waals surface area contributed by atoms with Crippen LogP contribution in [-0.2, 0) is 9.53 Å². The fraction of sp³-hybridized carbons (Fsp3) is 0.417. The van der Waals surface area contributed by atoms with E-state index >= 15 is 0 Å². The Morgan fingerprint density at radius 1 is 1.41 bits per heavy atom. The highest BCUT2D eigenvalue weighted by Crippen LogP contribution is 2.07. The van der Waals surface area contributed by atoms with Crippen LogP contribution in [0.4, 0.5) is 0 Å². The Morgan fingerprint density at radius 2 is 2.12 bits per heavy atom. The van der Waals surface area contributed by atoms with Gasteiger partial charge in [0.2, 0.25) is 0 Å². The Bertz CT molecular complexity index is 332. The highest BCUT2D eigenvalue weighted by atomic mass is 79.9. The average molecular weight is 302 g/mol. The van der Waals surface area contributed by atoms with E-state index in [1.807, 2.05) is 30.3 Å². The third-order valence-electron chi connectivity index (χ3n) is 2.03. The molecule has 1 rings (SSSR count). The van der Waals surface area contributed by atoms with Crippen LogP contribution in [0.15, 0.2) is 30.3 Å².